The molecular weight excluding hydrogens is 202 g/mol. The Balaban J connectivity index is 2.95. The van der Waals surface area contributed by atoms with Gasteiger partial charge in [0.1, 0.15) is 11.9 Å². The minimum absolute atomic E-state index is 0.303. The number of rotatable bonds is 5. The molecule has 0 amide bonds. The van der Waals surface area contributed by atoms with Crippen LogP contribution in [0.4, 0.5) is 0 Å². The molecule has 0 aromatic carbocycles. The average molecular weight is 225 g/mol. The SMILES string of the molecule is CCN(CC)C(C)(C)C(O)c1nccn1C. The van der Waals surface area contributed by atoms with Crippen molar-refractivity contribution in [2.45, 2.75) is 39.3 Å². The van der Waals surface area contributed by atoms with Crippen molar-refractivity contribution in [1.82, 2.24) is 14.5 Å². The maximum absolute atomic E-state index is 10.4. The number of imidazole rings is 1. The van der Waals surface area contributed by atoms with Crippen molar-refractivity contribution >= 4 is 0 Å². The van der Waals surface area contributed by atoms with Crippen molar-refractivity contribution in [3.05, 3.63) is 18.2 Å². The molecule has 16 heavy (non-hydrogen) atoms. The summed E-state index contributed by atoms with van der Waals surface area (Å²) in [5.41, 5.74) is -0.303. The molecule has 1 atom stereocenters. The van der Waals surface area contributed by atoms with E-state index in [-0.39, 0.29) is 5.54 Å². The summed E-state index contributed by atoms with van der Waals surface area (Å²) < 4.78 is 1.87. The molecular formula is C12H23N3O. The molecule has 1 rings (SSSR count). The lowest BCUT2D eigenvalue weighted by Crippen LogP contribution is -2.48. The summed E-state index contributed by atoms with van der Waals surface area (Å²) in [5.74, 6) is 0.719. The predicted octanol–water partition coefficient (Wildman–Crippen LogP) is 1.57. The molecule has 4 heteroatoms. The first-order valence-electron chi connectivity index (χ1n) is 5.85. The number of aryl methyl sites for hydroxylation is 1. The van der Waals surface area contributed by atoms with Crippen LogP contribution < -0.4 is 0 Å². The fourth-order valence-electron chi connectivity index (χ4n) is 2.17. The molecule has 0 fully saturated rings. The van der Waals surface area contributed by atoms with Gasteiger partial charge >= 0.3 is 0 Å². The number of aromatic nitrogens is 2. The summed E-state index contributed by atoms with van der Waals surface area (Å²) in [7, 11) is 1.91. The van der Waals surface area contributed by atoms with Crippen molar-refractivity contribution in [1.29, 1.82) is 0 Å². The van der Waals surface area contributed by atoms with Gasteiger partial charge in [-0.3, -0.25) is 4.90 Å². The molecule has 4 nitrogen and oxygen atoms in total. The molecule has 0 aliphatic rings. The second kappa shape index (κ2) is 4.97. The molecule has 1 N–H and O–H groups in total. The van der Waals surface area contributed by atoms with Gasteiger partial charge in [0.25, 0.3) is 0 Å². The lowest BCUT2D eigenvalue weighted by Gasteiger charge is -2.40. The number of likely N-dealkylation sites (N-methyl/N-ethyl adjacent to an activating group) is 1. The average Bonchev–Trinajstić information content (AvgIpc) is 2.64. The molecule has 1 unspecified atom stereocenters. The van der Waals surface area contributed by atoms with E-state index in [0.29, 0.717) is 0 Å². The predicted molar refractivity (Wildman–Crippen MR) is 65.2 cm³/mol. The van der Waals surface area contributed by atoms with Crippen molar-refractivity contribution in [3.8, 4) is 0 Å². The van der Waals surface area contributed by atoms with Crippen LogP contribution in [0, 0.1) is 0 Å². The van der Waals surface area contributed by atoms with E-state index in [2.05, 4.69) is 37.6 Å². The van der Waals surface area contributed by atoms with Crippen LogP contribution in [0.3, 0.4) is 0 Å². The molecule has 1 aromatic heterocycles. The first-order valence-corrected chi connectivity index (χ1v) is 5.85. The van der Waals surface area contributed by atoms with E-state index in [1.54, 1.807) is 6.20 Å². The Bertz CT molecular complexity index is 329. The van der Waals surface area contributed by atoms with Crippen LogP contribution in [-0.2, 0) is 7.05 Å². The van der Waals surface area contributed by atoms with Gasteiger partial charge < -0.3 is 9.67 Å². The van der Waals surface area contributed by atoms with Gasteiger partial charge in [0.05, 0.1) is 0 Å². The molecule has 0 saturated heterocycles. The molecule has 1 heterocycles. The van der Waals surface area contributed by atoms with E-state index in [9.17, 15) is 5.11 Å². The molecule has 0 aliphatic heterocycles. The van der Waals surface area contributed by atoms with E-state index in [4.69, 9.17) is 0 Å². The van der Waals surface area contributed by atoms with Gasteiger partial charge in [-0.25, -0.2) is 4.98 Å². The highest BCUT2D eigenvalue weighted by Crippen LogP contribution is 2.29. The molecule has 0 saturated carbocycles. The van der Waals surface area contributed by atoms with Gasteiger partial charge in [-0.05, 0) is 26.9 Å². The van der Waals surface area contributed by atoms with Crippen molar-refractivity contribution < 1.29 is 5.11 Å². The Kier molecular flexibility index (Phi) is 4.10. The third-order valence-electron chi connectivity index (χ3n) is 3.35. The van der Waals surface area contributed by atoms with E-state index in [1.165, 1.54) is 0 Å². The Morgan fingerprint density at radius 3 is 2.38 bits per heavy atom. The molecule has 0 radical (unpaired) electrons. The van der Waals surface area contributed by atoms with Crippen LogP contribution in [0.15, 0.2) is 12.4 Å². The highest BCUT2D eigenvalue weighted by Gasteiger charge is 2.35. The fourth-order valence-corrected chi connectivity index (χ4v) is 2.17. The minimum atomic E-state index is -0.576. The summed E-state index contributed by atoms with van der Waals surface area (Å²) in [4.78, 5) is 6.46. The molecule has 1 aromatic rings. The molecule has 0 spiro atoms. The fraction of sp³-hybridized carbons (Fsp3) is 0.750. The Morgan fingerprint density at radius 2 is 2.00 bits per heavy atom. The van der Waals surface area contributed by atoms with Gasteiger partial charge in [-0.1, -0.05) is 13.8 Å². The zero-order chi connectivity index (χ0) is 12.3. The minimum Gasteiger partial charge on any atom is -0.383 e. The van der Waals surface area contributed by atoms with Crippen LogP contribution in [0.2, 0.25) is 0 Å². The van der Waals surface area contributed by atoms with Crippen LogP contribution in [0.25, 0.3) is 0 Å². The normalized spacial score (nSPS) is 14.4. The number of nitrogens with zero attached hydrogens (tertiary/aromatic N) is 3. The Hall–Kier alpha value is -0.870. The third kappa shape index (κ3) is 2.28. The first-order chi connectivity index (χ1) is 7.45. The summed E-state index contributed by atoms with van der Waals surface area (Å²) in [6, 6.07) is 0. The van der Waals surface area contributed by atoms with Crippen LogP contribution in [0.1, 0.15) is 39.6 Å². The van der Waals surface area contributed by atoms with Gasteiger partial charge in [0, 0.05) is 25.0 Å². The topological polar surface area (TPSA) is 41.3 Å². The quantitative estimate of drug-likeness (QED) is 0.827. The van der Waals surface area contributed by atoms with Crippen molar-refractivity contribution in [2.75, 3.05) is 13.1 Å². The smallest absolute Gasteiger partial charge is 0.139 e. The van der Waals surface area contributed by atoms with E-state index >= 15 is 0 Å². The van der Waals surface area contributed by atoms with E-state index in [0.717, 1.165) is 18.9 Å². The van der Waals surface area contributed by atoms with E-state index in [1.807, 2.05) is 17.8 Å². The summed E-state index contributed by atoms with van der Waals surface area (Å²) in [6.45, 7) is 10.2. The Labute approximate surface area is 97.9 Å². The summed E-state index contributed by atoms with van der Waals surface area (Å²) in [6.07, 6.45) is 3.00. The maximum atomic E-state index is 10.4. The largest absolute Gasteiger partial charge is 0.383 e. The molecule has 0 aliphatic carbocycles. The number of aliphatic hydroxyl groups excluding tert-OH is 1. The van der Waals surface area contributed by atoms with Crippen LogP contribution in [-0.4, -0.2) is 38.2 Å². The second-order valence-corrected chi connectivity index (χ2v) is 4.62. The summed E-state index contributed by atoms with van der Waals surface area (Å²) in [5, 5.41) is 10.4. The van der Waals surface area contributed by atoms with Crippen molar-refractivity contribution in [3.63, 3.8) is 0 Å². The maximum Gasteiger partial charge on any atom is 0.139 e. The zero-order valence-electron chi connectivity index (χ0n) is 10.9. The number of aliphatic hydroxyl groups is 1. The molecule has 92 valence electrons. The zero-order valence-corrected chi connectivity index (χ0v) is 10.9. The highest BCUT2D eigenvalue weighted by atomic mass is 16.3. The van der Waals surface area contributed by atoms with Gasteiger partial charge in [0.15, 0.2) is 0 Å². The summed E-state index contributed by atoms with van der Waals surface area (Å²) >= 11 is 0. The first kappa shape index (κ1) is 13.2. The van der Waals surface area contributed by atoms with Crippen LogP contribution in [0.5, 0.6) is 0 Å². The van der Waals surface area contributed by atoms with Gasteiger partial charge in [-0.15, -0.1) is 0 Å². The monoisotopic (exact) mass is 225 g/mol. The van der Waals surface area contributed by atoms with Crippen molar-refractivity contribution in [2.24, 2.45) is 7.05 Å². The third-order valence-corrected chi connectivity index (χ3v) is 3.35. The second-order valence-electron chi connectivity index (χ2n) is 4.62. The van der Waals surface area contributed by atoms with Gasteiger partial charge in [0.2, 0.25) is 0 Å². The lowest BCUT2D eigenvalue weighted by atomic mass is 9.94. The number of hydrogen-bond donors (Lipinski definition) is 1. The standard InChI is InChI=1S/C12H23N3O/c1-6-15(7-2)12(3,4)10(16)11-13-8-9-14(11)5/h8-10,16H,6-7H2,1-5H3. The molecule has 0 bridgehead atoms. The van der Waals surface area contributed by atoms with Crippen LogP contribution >= 0.6 is 0 Å². The lowest BCUT2D eigenvalue weighted by molar-refractivity contribution is -0.0126. The van der Waals surface area contributed by atoms with Gasteiger partial charge in [-0.2, -0.15) is 0 Å². The van der Waals surface area contributed by atoms with E-state index < -0.39 is 6.10 Å². The Morgan fingerprint density at radius 1 is 1.44 bits per heavy atom. The highest BCUT2D eigenvalue weighted by molar-refractivity contribution is 5.04. The number of hydrogen-bond acceptors (Lipinski definition) is 3.